The lowest BCUT2D eigenvalue weighted by Gasteiger charge is -2.26. The maximum absolute atomic E-state index is 5.20. The molecular formula is C52H36N4. The van der Waals surface area contributed by atoms with Crippen LogP contribution in [0.5, 0.6) is 0 Å². The van der Waals surface area contributed by atoms with Gasteiger partial charge in [-0.2, -0.15) is 0 Å². The summed E-state index contributed by atoms with van der Waals surface area (Å²) in [6.45, 7) is 0. The summed E-state index contributed by atoms with van der Waals surface area (Å²) in [5, 5.41) is 2.31. The lowest BCUT2D eigenvalue weighted by Crippen LogP contribution is -2.09. The van der Waals surface area contributed by atoms with Crippen LogP contribution in [0.25, 0.3) is 72.5 Å². The number of anilines is 3. The summed E-state index contributed by atoms with van der Waals surface area (Å²) in [4.78, 5) is 12.7. The maximum atomic E-state index is 5.20. The van der Waals surface area contributed by atoms with Gasteiger partial charge in [0, 0.05) is 39.0 Å². The molecule has 0 fully saturated rings. The first-order valence-corrected chi connectivity index (χ1v) is 18.9. The van der Waals surface area contributed by atoms with Crippen molar-refractivity contribution in [3.8, 4) is 50.7 Å². The van der Waals surface area contributed by atoms with Crippen molar-refractivity contribution in [1.29, 1.82) is 0 Å². The molecule has 0 aliphatic heterocycles. The fraction of sp³-hybridized carbons (Fsp3) is 0. The predicted octanol–water partition coefficient (Wildman–Crippen LogP) is 13.7. The average Bonchev–Trinajstić information content (AvgIpc) is 3.62. The topological polar surface area (TPSA) is 34.0 Å². The standard InChI is InChI=1S/C52H36N4/c1-5-15-37(16-6-1)38-25-30-44(31-26-38)55(43-21-11-4-12-22-43)45-32-27-39(28-33-45)42-29-34-51-47(35-42)46-23-13-14-24-50(46)56(51)52-53-48(40-17-7-2-8-18-40)36-49(54-52)41-19-9-3-10-20-41/h1-36H. The van der Waals surface area contributed by atoms with Crippen LogP contribution in [0.4, 0.5) is 17.1 Å². The molecule has 10 aromatic rings. The van der Waals surface area contributed by atoms with Crippen molar-refractivity contribution in [3.05, 3.63) is 218 Å². The number of benzene rings is 8. The molecule has 0 saturated carbocycles. The van der Waals surface area contributed by atoms with E-state index in [-0.39, 0.29) is 0 Å². The third kappa shape index (κ3) is 6.19. The smallest absolute Gasteiger partial charge is 0.235 e. The van der Waals surface area contributed by atoms with Crippen molar-refractivity contribution in [2.75, 3.05) is 4.90 Å². The number of nitrogens with zero attached hydrogens (tertiary/aromatic N) is 4. The highest BCUT2D eigenvalue weighted by atomic mass is 15.2. The van der Waals surface area contributed by atoms with E-state index in [0.717, 1.165) is 72.5 Å². The van der Waals surface area contributed by atoms with Gasteiger partial charge in [0.05, 0.1) is 22.4 Å². The van der Waals surface area contributed by atoms with Gasteiger partial charge in [-0.25, -0.2) is 9.97 Å². The SMILES string of the molecule is c1ccc(-c2ccc(N(c3ccccc3)c3ccc(-c4ccc5c(c4)c4ccccc4n5-c4nc(-c5ccccc5)cc(-c5ccccc5)n4)cc3)cc2)cc1. The van der Waals surface area contributed by atoms with E-state index in [9.17, 15) is 0 Å². The first-order valence-electron chi connectivity index (χ1n) is 18.9. The Kier molecular flexibility index (Phi) is 8.47. The summed E-state index contributed by atoms with van der Waals surface area (Å²) in [5.41, 5.74) is 14.0. The van der Waals surface area contributed by atoms with Crippen LogP contribution in [-0.2, 0) is 0 Å². The first-order chi connectivity index (χ1) is 27.8. The van der Waals surface area contributed by atoms with Crippen LogP contribution >= 0.6 is 0 Å². The molecular weight excluding hydrogens is 681 g/mol. The van der Waals surface area contributed by atoms with Crippen molar-refractivity contribution in [2.45, 2.75) is 0 Å². The van der Waals surface area contributed by atoms with Crippen molar-refractivity contribution in [3.63, 3.8) is 0 Å². The zero-order valence-corrected chi connectivity index (χ0v) is 30.6. The quantitative estimate of drug-likeness (QED) is 0.157. The summed E-state index contributed by atoms with van der Waals surface area (Å²) < 4.78 is 2.21. The lowest BCUT2D eigenvalue weighted by molar-refractivity contribution is 0.995. The number of fused-ring (bicyclic) bond motifs is 3. The van der Waals surface area contributed by atoms with Crippen molar-refractivity contribution in [1.82, 2.24) is 14.5 Å². The predicted molar refractivity (Wildman–Crippen MR) is 233 cm³/mol. The molecule has 0 spiro atoms. The van der Waals surface area contributed by atoms with Crippen LogP contribution in [0.3, 0.4) is 0 Å². The van der Waals surface area contributed by atoms with Crippen molar-refractivity contribution < 1.29 is 0 Å². The second-order valence-corrected chi connectivity index (χ2v) is 13.9. The van der Waals surface area contributed by atoms with Crippen LogP contribution in [-0.4, -0.2) is 14.5 Å². The minimum atomic E-state index is 0.645. The van der Waals surface area contributed by atoms with Gasteiger partial charge in [0.15, 0.2) is 0 Å². The van der Waals surface area contributed by atoms with Gasteiger partial charge in [-0.05, 0) is 82.9 Å². The Hall–Kier alpha value is -7.56. The van der Waals surface area contributed by atoms with Crippen LogP contribution in [0.15, 0.2) is 218 Å². The minimum Gasteiger partial charge on any atom is -0.311 e. The molecule has 0 bridgehead atoms. The number of rotatable bonds is 8. The summed E-state index contributed by atoms with van der Waals surface area (Å²) in [7, 11) is 0. The van der Waals surface area contributed by atoms with Gasteiger partial charge in [0.2, 0.25) is 5.95 Å². The second-order valence-electron chi connectivity index (χ2n) is 13.9. The Morgan fingerprint density at radius 3 is 1.29 bits per heavy atom. The molecule has 10 rings (SSSR count). The van der Waals surface area contributed by atoms with Crippen LogP contribution in [0, 0.1) is 0 Å². The molecule has 2 heterocycles. The highest BCUT2D eigenvalue weighted by Gasteiger charge is 2.18. The van der Waals surface area contributed by atoms with Gasteiger partial charge in [0.1, 0.15) is 0 Å². The van der Waals surface area contributed by atoms with E-state index in [1.165, 1.54) is 11.1 Å². The molecule has 0 atom stereocenters. The molecule has 0 N–H and O–H groups in total. The molecule has 4 nitrogen and oxygen atoms in total. The molecule has 56 heavy (non-hydrogen) atoms. The Morgan fingerprint density at radius 2 is 0.714 bits per heavy atom. The molecule has 2 aromatic heterocycles. The van der Waals surface area contributed by atoms with Crippen LogP contribution < -0.4 is 4.90 Å². The van der Waals surface area contributed by atoms with Crippen LogP contribution in [0.1, 0.15) is 0 Å². The Bertz CT molecular complexity index is 2860. The summed E-state index contributed by atoms with van der Waals surface area (Å²) in [6, 6.07) is 76.8. The normalized spacial score (nSPS) is 11.2. The van der Waals surface area contributed by atoms with E-state index in [1.807, 2.05) is 12.1 Å². The molecule has 0 saturated heterocycles. The Balaban J connectivity index is 1.05. The van der Waals surface area contributed by atoms with Gasteiger partial charge < -0.3 is 4.90 Å². The number of para-hydroxylation sites is 2. The van der Waals surface area contributed by atoms with E-state index in [2.05, 4.69) is 216 Å². The fourth-order valence-electron chi connectivity index (χ4n) is 7.68. The second kappa shape index (κ2) is 14.3. The summed E-state index contributed by atoms with van der Waals surface area (Å²) in [5.74, 6) is 0.645. The van der Waals surface area contributed by atoms with E-state index >= 15 is 0 Å². The van der Waals surface area contributed by atoms with Crippen LogP contribution in [0.2, 0.25) is 0 Å². The summed E-state index contributed by atoms with van der Waals surface area (Å²) in [6.07, 6.45) is 0. The molecule has 4 heteroatoms. The van der Waals surface area contributed by atoms with Gasteiger partial charge in [-0.1, -0.05) is 158 Å². The lowest BCUT2D eigenvalue weighted by atomic mass is 10.0. The molecule has 0 radical (unpaired) electrons. The Morgan fingerprint density at radius 1 is 0.304 bits per heavy atom. The molecule has 0 unspecified atom stereocenters. The zero-order valence-electron chi connectivity index (χ0n) is 30.6. The zero-order chi connectivity index (χ0) is 37.3. The van der Waals surface area contributed by atoms with Gasteiger partial charge in [0.25, 0.3) is 0 Å². The van der Waals surface area contributed by atoms with Crippen molar-refractivity contribution in [2.24, 2.45) is 0 Å². The molecule has 0 aliphatic carbocycles. The van der Waals surface area contributed by atoms with E-state index in [1.54, 1.807) is 0 Å². The van der Waals surface area contributed by atoms with Gasteiger partial charge in [-0.15, -0.1) is 0 Å². The monoisotopic (exact) mass is 716 g/mol. The maximum Gasteiger partial charge on any atom is 0.235 e. The average molecular weight is 717 g/mol. The van der Waals surface area contributed by atoms with Gasteiger partial charge in [-0.3, -0.25) is 4.57 Å². The highest BCUT2D eigenvalue weighted by Crippen LogP contribution is 2.39. The molecule has 8 aromatic carbocycles. The molecule has 0 aliphatic rings. The third-order valence-electron chi connectivity index (χ3n) is 10.4. The van der Waals surface area contributed by atoms with Gasteiger partial charge >= 0.3 is 0 Å². The highest BCUT2D eigenvalue weighted by molar-refractivity contribution is 6.10. The third-order valence-corrected chi connectivity index (χ3v) is 10.4. The number of hydrogen-bond donors (Lipinski definition) is 0. The minimum absolute atomic E-state index is 0.645. The number of aromatic nitrogens is 3. The van der Waals surface area contributed by atoms with E-state index in [4.69, 9.17) is 9.97 Å². The fourth-order valence-corrected chi connectivity index (χ4v) is 7.68. The van der Waals surface area contributed by atoms with Crippen molar-refractivity contribution >= 4 is 38.9 Å². The number of hydrogen-bond acceptors (Lipinski definition) is 3. The van der Waals surface area contributed by atoms with E-state index in [0.29, 0.717) is 5.95 Å². The first kappa shape index (κ1) is 33.0. The largest absolute Gasteiger partial charge is 0.311 e. The Labute approximate surface area is 326 Å². The summed E-state index contributed by atoms with van der Waals surface area (Å²) >= 11 is 0. The molecule has 0 amide bonds. The van der Waals surface area contributed by atoms with E-state index < -0.39 is 0 Å². The molecule has 264 valence electrons.